The Morgan fingerprint density at radius 2 is 1.74 bits per heavy atom. The van der Waals surface area contributed by atoms with Gasteiger partial charge in [0.1, 0.15) is 5.65 Å². The largest absolute Gasteiger partial charge is 0.481 e. The number of ether oxygens (including phenoxy) is 1. The molecule has 0 bridgehead atoms. The van der Waals surface area contributed by atoms with E-state index in [0.29, 0.717) is 71.9 Å². The van der Waals surface area contributed by atoms with Crippen molar-refractivity contribution >= 4 is 34.8 Å². The van der Waals surface area contributed by atoms with Gasteiger partial charge in [0.25, 0.3) is 5.56 Å². The number of hydrogen-bond acceptors (Lipinski definition) is 8. The Bertz CT molecular complexity index is 2140. The number of carbonyl (C=O) groups excluding carboxylic acids is 1. The number of rotatable bonds is 10. The fraction of sp³-hybridized carbons (Fsp3) is 0.316. The first kappa shape index (κ1) is 34.1. The monoisotopic (exact) mass is 712 g/mol. The number of nitrogens with zero attached hydrogens (tertiary/aromatic N) is 4. The summed E-state index contributed by atoms with van der Waals surface area (Å²) in [6, 6.07) is 19.5. The Kier molecular flexibility index (Phi) is 9.90. The first-order valence-corrected chi connectivity index (χ1v) is 17.5. The van der Waals surface area contributed by atoms with Crippen LogP contribution in [0.5, 0.6) is 5.88 Å². The number of aliphatic hydroxyl groups excluding tert-OH is 1. The van der Waals surface area contributed by atoms with E-state index in [1.165, 1.54) is 0 Å². The average Bonchev–Trinajstić information content (AvgIpc) is 3.68. The number of aromatic nitrogens is 3. The minimum Gasteiger partial charge on any atom is -0.481 e. The number of pyridine rings is 2. The SMILES string of the molecule is COc1nc(-c2cccc(-c3cccc(-c4ccn5c(=O)c(CN6C[C@H](O)C[C@H]6C)cnc5c4)c3Cl)c2Cl)ccc1CNC[C@@H]1CCC(=O)N1. The third-order valence-corrected chi connectivity index (χ3v) is 10.4. The molecule has 3 N–H and O–H groups in total. The molecule has 258 valence electrons. The lowest BCUT2D eigenvalue weighted by Crippen LogP contribution is -2.35. The number of methoxy groups -OCH3 is 1. The standard InChI is InChI=1S/C38H38Cl2N6O4/c1-22-15-27(47)21-45(22)20-25-18-42-33-16-23(13-14-46(33)38(25)49)28-5-3-6-29(35(28)39)30-7-4-8-31(36(30)40)32-11-9-24(37(44-32)50-2)17-41-19-26-10-12-34(48)43-26/h3-9,11,13-14,16,18,22,26-27,41,47H,10,12,15,17,19-21H2,1-2H3,(H,43,48)/t22-,26+,27-/m1/s1. The molecule has 50 heavy (non-hydrogen) atoms. The number of hydrogen-bond donors (Lipinski definition) is 3. The van der Waals surface area contributed by atoms with Crippen LogP contribution in [0.4, 0.5) is 0 Å². The highest BCUT2D eigenvalue weighted by Gasteiger charge is 2.28. The number of aliphatic hydroxyl groups is 1. The topological polar surface area (TPSA) is 121 Å². The predicted octanol–water partition coefficient (Wildman–Crippen LogP) is 5.73. The second-order valence-electron chi connectivity index (χ2n) is 13.0. The first-order valence-electron chi connectivity index (χ1n) is 16.7. The normalized spacial score (nSPS) is 19.3. The Balaban J connectivity index is 1.14. The lowest BCUT2D eigenvalue weighted by molar-refractivity contribution is -0.119. The summed E-state index contributed by atoms with van der Waals surface area (Å²) in [6.45, 7) is 4.26. The molecule has 2 aromatic carbocycles. The van der Waals surface area contributed by atoms with E-state index in [1.807, 2.05) is 60.7 Å². The molecule has 2 aliphatic rings. The van der Waals surface area contributed by atoms with Gasteiger partial charge in [0, 0.05) is 84.9 Å². The van der Waals surface area contributed by atoms with Gasteiger partial charge >= 0.3 is 0 Å². The molecule has 7 rings (SSSR count). The summed E-state index contributed by atoms with van der Waals surface area (Å²) in [4.78, 5) is 36.4. The molecular weight excluding hydrogens is 675 g/mol. The van der Waals surface area contributed by atoms with Gasteiger partial charge in [-0.05, 0) is 43.5 Å². The predicted molar refractivity (Wildman–Crippen MR) is 196 cm³/mol. The summed E-state index contributed by atoms with van der Waals surface area (Å²) in [7, 11) is 1.59. The van der Waals surface area contributed by atoms with Crippen molar-refractivity contribution in [2.45, 2.75) is 57.5 Å². The van der Waals surface area contributed by atoms with Gasteiger partial charge in [0.05, 0.1) is 34.5 Å². The second-order valence-corrected chi connectivity index (χ2v) is 13.8. The molecular formula is C38H38Cl2N6O4. The highest BCUT2D eigenvalue weighted by molar-refractivity contribution is 6.39. The maximum Gasteiger partial charge on any atom is 0.262 e. The van der Waals surface area contributed by atoms with Gasteiger partial charge in [-0.15, -0.1) is 0 Å². The minimum atomic E-state index is -0.374. The molecule has 3 aromatic heterocycles. The van der Waals surface area contributed by atoms with Crippen molar-refractivity contribution in [1.82, 2.24) is 29.9 Å². The first-order chi connectivity index (χ1) is 24.2. The maximum absolute atomic E-state index is 13.4. The number of amides is 1. The van der Waals surface area contributed by atoms with Crippen LogP contribution in [-0.2, 0) is 17.9 Å². The van der Waals surface area contributed by atoms with E-state index in [2.05, 4.69) is 27.4 Å². The van der Waals surface area contributed by atoms with Crippen molar-refractivity contribution in [3.05, 3.63) is 105 Å². The van der Waals surface area contributed by atoms with Crippen molar-refractivity contribution < 1.29 is 14.6 Å². The van der Waals surface area contributed by atoms with Crippen molar-refractivity contribution in [3.8, 4) is 39.4 Å². The number of carbonyl (C=O) groups is 1. The highest BCUT2D eigenvalue weighted by atomic mass is 35.5. The van der Waals surface area contributed by atoms with Crippen LogP contribution in [-0.4, -0.2) is 68.7 Å². The van der Waals surface area contributed by atoms with E-state index < -0.39 is 0 Å². The molecule has 10 nitrogen and oxygen atoms in total. The lowest BCUT2D eigenvalue weighted by Gasteiger charge is -2.20. The van der Waals surface area contributed by atoms with Crippen LogP contribution >= 0.6 is 23.2 Å². The van der Waals surface area contributed by atoms with Crippen LogP contribution in [0.1, 0.15) is 37.3 Å². The van der Waals surface area contributed by atoms with E-state index >= 15 is 0 Å². The number of likely N-dealkylation sites (tertiary alicyclic amines) is 1. The Labute approximate surface area is 300 Å². The summed E-state index contributed by atoms with van der Waals surface area (Å²) in [5, 5.41) is 17.4. The number of β-amino-alcohol motifs (C(OH)–C–C–N with tert-alkyl or cyclic N) is 1. The third kappa shape index (κ3) is 6.86. The van der Waals surface area contributed by atoms with E-state index in [4.69, 9.17) is 32.9 Å². The maximum atomic E-state index is 13.4. The minimum absolute atomic E-state index is 0.0942. The lowest BCUT2D eigenvalue weighted by atomic mass is 9.97. The van der Waals surface area contributed by atoms with Crippen LogP contribution in [0.2, 0.25) is 10.0 Å². The molecule has 2 aliphatic heterocycles. The zero-order valence-electron chi connectivity index (χ0n) is 27.8. The zero-order valence-corrected chi connectivity index (χ0v) is 29.3. The number of fused-ring (bicyclic) bond motifs is 1. The molecule has 0 spiro atoms. The molecule has 0 unspecified atom stereocenters. The molecule has 2 saturated heterocycles. The number of benzene rings is 2. The van der Waals surface area contributed by atoms with Crippen molar-refractivity contribution in [2.75, 3.05) is 20.2 Å². The summed E-state index contributed by atoms with van der Waals surface area (Å²) in [5.74, 6) is 0.587. The molecule has 2 fully saturated rings. The number of nitrogens with one attached hydrogen (secondary N) is 2. The molecule has 0 radical (unpaired) electrons. The Morgan fingerprint density at radius 1 is 1.00 bits per heavy atom. The zero-order chi connectivity index (χ0) is 34.9. The number of halogens is 2. The molecule has 12 heteroatoms. The van der Waals surface area contributed by atoms with E-state index in [1.54, 1.807) is 23.9 Å². The third-order valence-electron chi connectivity index (χ3n) is 9.63. The van der Waals surface area contributed by atoms with E-state index in [0.717, 1.165) is 39.8 Å². The summed E-state index contributed by atoms with van der Waals surface area (Å²) in [5.41, 5.74) is 6.35. The molecule has 0 aliphatic carbocycles. The fourth-order valence-corrected chi connectivity index (χ4v) is 7.60. The Morgan fingerprint density at radius 3 is 2.44 bits per heavy atom. The van der Waals surface area contributed by atoms with Crippen LogP contribution in [0.15, 0.2) is 77.9 Å². The van der Waals surface area contributed by atoms with Gasteiger partial charge in [-0.2, -0.15) is 0 Å². The van der Waals surface area contributed by atoms with Crippen molar-refractivity contribution in [3.63, 3.8) is 0 Å². The van der Waals surface area contributed by atoms with Crippen LogP contribution in [0, 0.1) is 0 Å². The summed E-state index contributed by atoms with van der Waals surface area (Å²) in [6.07, 6.45) is 5.08. The highest BCUT2D eigenvalue weighted by Crippen LogP contribution is 2.42. The molecule has 3 atom stereocenters. The quantitative estimate of drug-likeness (QED) is 0.168. The van der Waals surface area contributed by atoms with E-state index in [-0.39, 0.29) is 29.7 Å². The van der Waals surface area contributed by atoms with E-state index in [9.17, 15) is 14.7 Å². The molecule has 5 aromatic rings. The van der Waals surface area contributed by atoms with Crippen LogP contribution in [0.3, 0.4) is 0 Å². The Hall–Kier alpha value is -4.32. The average molecular weight is 714 g/mol. The smallest absolute Gasteiger partial charge is 0.262 e. The summed E-state index contributed by atoms with van der Waals surface area (Å²) < 4.78 is 7.19. The van der Waals surface area contributed by atoms with Gasteiger partial charge in [0.2, 0.25) is 11.8 Å². The van der Waals surface area contributed by atoms with Crippen LogP contribution < -0.4 is 20.9 Å². The van der Waals surface area contributed by atoms with Gasteiger partial charge in [-0.3, -0.25) is 18.9 Å². The van der Waals surface area contributed by atoms with Crippen molar-refractivity contribution in [2.24, 2.45) is 0 Å². The van der Waals surface area contributed by atoms with Crippen LogP contribution in [0.25, 0.3) is 39.2 Å². The molecule has 0 saturated carbocycles. The van der Waals surface area contributed by atoms with Gasteiger partial charge in [-0.25, -0.2) is 9.97 Å². The molecule has 1 amide bonds. The van der Waals surface area contributed by atoms with Gasteiger partial charge in [0.15, 0.2) is 0 Å². The second kappa shape index (κ2) is 14.5. The van der Waals surface area contributed by atoms with Crippen molar-refractivity contribution in [1.29, 1.82) is 0 Å². The summed E-state index contributed by atoms with van der Waals surface area (Å²) >= 11 is 14.2. The van der Waals surface area contributed by atoms with Gasteiger partial charge in [-0.1, -0.05) is 65.7 Å². The fourth-order valence-electron chi connectivity index (χ4n) is 6.94. The molecule has 5 heterocycles. The van der Waals surface area contributed by atoms with Gasteiger partial charge < -0.3 is 20.5 Å².